The summed E-state index contributed by atoms with van der Waals surface area (Å²) in [6.45, 7) is 1.88. The summed E-state index contributed by atoms with van der Waals surface area (Å²) in [4.78, 5) is 3.99. The fourth-order valence-electron chi connectivity index (χ4n) is 1.80. The highest BCUT2D eigenvalue weighted by atomic mass is 35.5. The molecule has 88 valence electrons. The minimum Gasteiger partial charge on any atom is -0.383 e. The van der Waals surface area contributed by atoms with Gasteiger partial charge in [-0.3, -0.25) is 0 Å². The summed E-state index contributed by atoms with van der Waals surface area (Å²) < 4.78 is 0. The van der Waals surface area contributed by atoms with Gasteiger partial charge in [0.15, 0.2) is 0 Å². The van der Waals surface area contributed by atoms with Gasteiger partial charge in [-0.15, -0.1) is 0 Å². The van der Waals surface area contributed by atoms with E-state index in [0.717, 1.165) is 5.56 Å². The van der Waals surface area contributed by atoms with E-state index in [4.69, 9.17) is 17.3 Å². The molecule has 1 aromatic carbocycles. The number of nitrogens with two attached hydrogens (primary N) is 1. The van der Waals surface area contributed by atoms with Crippen molar-refractivity contribution in [3.8, 4) is 0 Å². The Morgan fingerprint density at radius 3 is 2.65 bits per heavy atom. The zero-order valence-corrected chi connectivity index (χ0v) is 10.1. The summed E-state index contributed by atoms with van der Waals surface area (Å²) in [5, 5.41) is 10.8. The molecule has 17 heavy (non-hydrogen) atoms. The lowest BCUT2D eigenvalue weighted by Crippen LogP contribution is -2.08. The van der Waals surface area contributed by atoms with E-state index < -0.39 is 6.10 Å². The SMILES string of the molecule is Cc1ccnc(N)c1C(O)c1ccccc1Cl. The molecule has 1 aromatic heterocycles. The number of anilines is 1. The molecule has 4 heteroatoms. The molecule has 0 saturated heterocycles. The van der Waals surface area contributed by atoms with Crippen LogP contribution < -0.4 is 5.73 Å². The van der Waals surface area contributed by atoms with Crippen LogP contribution >= 0.6 is 11.6 Å². The lowest BCUT2D eigenvalue weighted by molar-refractivity contribution is 0.220. The Morgan fingerprint density at radius 1 is 1.29 bits per heavy atom. The van der Waals surface area contributed by atoms with Crippen LogP contribution in [-0.4, -0.2) is 10.1 Å². The molecule has 1 atom stereocenters. The number of hydrogen-bond donors (Lipinski definition) is 2. The molecule has 0 amide bonds. The predicted octanol–water partition coefficient (Wildman–Crippen LogP) is 2.71. The number of hydrogen-bond acceptors (Lipinski definition) is 3. The van der Waals surface area contributed by atoms with Crippen LogP contribution in [0.15, 0.2) is 36.5 Å². The molecular weight excluding hydrogens is 236 g/mol. The highest BCUT2D eigenvalue weighted by Gasteiger charge is 2.18. The molecular formula is C13H13ClN2O. The molecule has 0 aliphatic rings. The largest absolute Gasteiger partial charge is 0.383 e. The van der Waals surface area contributed by atoms with Gasteiger partial charge in [0.25, 0.3) is 0 Å². The number of nitrogen functional groups attached to an aromatic ring is 1. The summed E-state index contributed by atoms with van der Waals surface area (Å²) >= 11 is 6.05. The van der Waals surface area contributed by atoms with Crippen molar-refractivity contribution >= 4 is 17.4 Å². The maximum atomic E-state index is 10.3. The van der Waals surface area contributed by atoms with E-state index in [1.165, 1.54) is 0 Å². The lowest BCUT2D eigenvalue weighted by Gasteiger charge is -2.16. The summed E-state index contributed by atoms with van der Waals surface area (Å²) in [5.74, 6) is 0.331. The average molecular weight is 249 g/mol. The van der Waals surface area contributed by atoms with Crippen molar-refractivity contribution in [2.45, 2.75) is 13.0 Å². The molecule has 0 spiro atoms. The number of pyridine rings is 1. The van der Waals surface area contributed by atoms with E-state index >= 15 is 0 Å². The van der Waals surface area contributed by atoms with E-state index in [-0.39, 0.29) is 0 Å². The molecule has 0 bridgehead atoms. The number of aliphatic hydroxyl groups excluding tert-OH is 1. The smallest absolute Gasteiger partial charge is 0.129 e. The zero-order valence-electron chi connectivity index (χ0n) is 9.39. The Labute approximate surface area is 105 Å². The number of halogens is 1. The highest BCUT2D eigenvalue weighted by molar-refractivity contribution is 6.31. The molecule has 0 aliphatic heterocycles. The van der Waals surface area contributed by atoms with E-state index in [2.05, 4.69) is 4.98 Å². The maximum absolute atomic E-state index is 10.3. The van der Waals surface area contributed by atoms with E-state index in [1.807, 2.05) is 25.1 Å². The third kappa shape index (κ3) is 2.25. The number of aromatic nitrogens is 1. The Hall–Kier alpha value is -1.58. The van der Waals surface area contributed by atoms with Crippen LogP contribution in [0.1, 0.15) is 22.8 Å². The van der Waals surface area contributed by atoms with Gasteiger partial charge in [-0.1, -0.05) is 29.8 Å². The quantitative estimate of drug-likeness (QED) is 0.859. The molecule has 0 radical (unpaired) electrons. The Morgan fingerprint density at radius 2 is 2.00 bits per heavy atom. The van der Waals surface area contributed by atoms with E-state index in [1.54, 1.807) is 18.3 Å². The van der Waals surface area contributed by atoms with Crippen LogP contribution in [0, 0.1) is 6.92 Å². The molecule has 3 nitrogen and oxygen atoms in total. The van der Waals surface area contributed by atoms with Crippen LogP contribution in [-0.2, 0) is 0 Å². The first kappa shape index (κ1) is 11.9. The van der Waals surface area contributed by atoms with Gasteiger partial charge in [-0.2, -0.15) is 0 Å². The molecule has 2 aromatic rings. The van der Waals surface area contributed by atoms with E-state index in [9.17, 15) is 5.11 Å². The second-order valence-electron chi connectivity index (χ2n) is 3.85. The van der Waals surface area contributed by atoms with Crippen LogP contribution in [0.5, 0.6) is 0 Å². The summed E-state index contributed by atoms with van der Waals surface area (Å²) in [7, 11) is 0. The van der Waals surface area contributed by atoms with Gasteiger partial charge in [0.1, 0.15) is 11.9 Å². The fraction of sp³-hybridized carbons (Fsp3) is 0.154. The monoisotopic (exact) mass is 248 g/mol. The van der Waals surface area contributed by atoms with Crippen molar-refractivity contribution in [3.63, 3.8) is 0 Å². The first-order valence-corrected chi connectivity index (χ1v) is 5.62. The Kier molecular flexibility index (Phi) is 3.31. The van der Waals surface area contributed by atoms with Gasteiger partial charge in [0.05, 0.1) is 0 Å². The van der Waals surface area contributed by atoms with Crippen molar-refractivity contribution in [1.29, 1.82) is 0 Å². The Bertz CT molecular complexity index is 522. The average Bonchev–Trinajstić information content (AvgIpc) is 2.29. The molecule has 0 saturated carbocycles. The minimum absolute atomic E-state index is 0.331. The molecule has 0 fully saturated rings. The van der Waals surface area contributed by atoms with Gasteiger partial charge < -0.3 is 10.8 Å². The summed E-state index contributed by atoms with van der Waals surface area (Å²) in [6.07, 6.45) is 0.769. The molecule has 0 aliphatic carbocycles. The number of aliphatic hydroxyl groups is 1. The third-order valence-electron chi connectivity index (χ3n) is 2.71. The molecule has 3 N–H and O–H groups in total. The lowest BCUT2D eigenvalue weighted by atomic mass is 9.98. The molecule has 1 heterocycles. The van der Waals surface area contributed by atoms with Gasteiger partial charge in [0.2, 0.25) is 0 Å². The van der Waals surface area contributed by atoms with Gasteiger partial charge >= 0.3 is 0 Å². The first-order chi connectivity index (χ1) is 8.11. The van der Waals surface area contributed by atoms with Gasteiger partial charge in [-0.25, -0.2) is 4.98 Å². The normalized spacial score (nSPS) is 12.4. The molecule has 1 unspecified atom stereocenters. The first-order valence-electron chi connectivity index (χ1n) is 5.24. The van der Waals surface area contributed by atoms with Crippen LogP contribution in [0.25, 0.3) is 0 Å². The van der Waals surface area contributed by atoms with Crippen molar-refractivity contribution in [3.05, 3.63) is 58.2 Å². The van der Waals surface area contributed by atoms with Crippen molar-refractivity contribution in [1.82, 2.24) is 4.98 Å². The Balaban J connectivity index is 2.51. The summed E-state index contributed by atoms with van der Waals surface area (Å²) in [5.41, 5.74) is 7.94. The number of aryl methyl sites for hydroxylation is 1. The molecule has 2 rings (SSSR count). The number of nitrogens with zero attached hydrogens (tertiary/aromatic N) is 1. The van der Waals surface area contributed by atoms with E-state index in [0.29, 0.717) is 22.0 Å². The number of benzene rings is 1. The van der Waals surface area contributed by atoms with Crippen molar-refractivity contribution in [2.24, 2.45) is 0 Å². The van der Waals surface area contributed by atoms with Crippen LogP contribution in [0.4, 0.5) is 5.82 Å². The number of rotatable bonds is 2. The maximum Gasteiger partial charge on any atom is 0.129 e. The van der Waals surface area contributed by atoms with Crippen molar-refractivity contribution in [2.75, 3.05) is 5.73 Å². The standard InChI is InChI=1S/C13H13ClN2O/c1-8-6-7-16-13(15)11(8)12(17)9-4-2-3-5-10(9)14/h2-7,12,17H,1H3,(H2,15,16). The summed E-state index contributed by atoms with van der Waals surface area (Å²) in [6, 6.07) is 8.97. The van der Waals surface area contributed by atoms with Crippen molar-refractivity contribution < 1.29 is 5.11 Å². The van der Waals surface area contributed by atoms with Gasteiger partial charge in [0, 0.05) is 22.3 Å². The van der Waals surface area contributed by atoms with Crippen LogP contribution in [0.3, 0.4) is 0 Å². The minimum atomic E-state index is -0.850. The highest BCUT2D eigenvalue weighted by Crippen LogP contribution is 2.31. The fourth-order valence-corrected chi connectivity index (χ4v) is 2.04. The second kappa shape index (κ2) is 4.73. The third-order valence-corrected chi connectivity index (χ3v) is 3.06. The zero-order chi connectivity index (χ0) is 12.4. The van der Waals surface area contributed by atoms with Crippen LogP contribution in [0.2, 0.25) is 5.02 Å². The predicted molar refractivity (Wildman–Crippen MR) is 68.9 cm³/mol. The topological polar surface area (TPSA) is 59.1 Å². The van der Waals surface area contributed by atoms with Gasteiger partial charge in [-0.05, 0) is 24.6 Å². The second-order valence-corrected chi connectivity index (χ2v) is 4.26.